The van der Waals surface area contributed by atoms with Crippen LogP contribution in [0.2, 0.25) is 18.1 Å². The molecule has 176 valence electrons. The highest BCUT2D eigenvalue weighted by molar-refractivity contribution is 6.74. The molecule has 1 aromatic carbocycles. The number of rotatable bonds is 7. The van der Waals surface area contributed by atoms with Gasteiger partial charge in [-0.3, -0.25) is 14.5 Å². The summed E-state index contributed by atoms with van der Waals surface area (Å²) in [4.78, 5) is 32.5. The van der Waals surface area contributed by atoms with Gasteiger partial charge in [0.15, 0.2) is 8.32 Å². The molecule has 0 spiro atoms. The van der Waals surface area contributed by atoms with E-state index in [1.54, 1.807) is 25.4 Å². The van der Waals surface area contributed by atoms with E-state index in [-0.39, 0.29) is 10.9 Å². The fourth-order valence-electron chi connectivity index (χ4n) is 2.94. The van der Waals surface area contributed by atoms with E-state index in [4.69, 9.17) is 9.16 Å². The van der Waals surface area contributed by atoms with E-state index in [1.165, 1.54) is 27.9 Å². The molecule has 33 heavy (non-hydrogen) atoms. The number of ether oxygens (including phenoxy) is 1. The van der Waals surface area contributed by atoms with Gasteiger partial charge >= 0.3 is 11.7 Å². The molecule has 10 heteroatoms. The Kier molecular flexibility index (Phi) is 7.18. The molecule has 0 saturated heterocycles. The predicted molar refractivity (Wildman–Crippen MR) is 130 cm³/mol. The maximum absolute atomic E-state index is 12.6. The lowest BCUT2D eigenvalue weighted by atomic mass is 10.1. The third-order valence-corrected chi connectivity index (χ3v) is 10.5. The first-order chi connectivity index (χ1) is 15.5. The molecule has 0 aliphatic rings. The highest BCUT2D eigenvalue weighted by Gasteiger charge is 2.36. The van der Waals surface area contributed by atoms with Gasteiger partial charge in [-0.1, -0.05) is 26.8 Å². The number of carbonyl (C=O) groups excluding carboxylic acids is 1. The number of amides is 1. The van der Waals surface area contributed by atoms with Gasteiger partial charge in [-0.2, -0.15) is 4.98 Å². The van der Waals surface area contributed by atoms with Gasteiger partial charge in [-0.25, -0.2) is 14.6 Å². The molecule has 0 aliphatic carbocycles. The molecule has 2 aromatic heterocycles. The molecule has 0 aliphatic heterocycles. The number of nitrogens with one attached hydrogen (secondary N) is 1. The summed E-state index contributed by atoms with van der Waals surface area (Å²) in [5.41, 5.74) is 1.10. The van der Waals surface area contributed by atoms with Gasteiger partial charge in [0.1, 0.15) is 17.9 Å². The first-order valence-electron chi connectivity index (χ1n) is 10.7. The number of carbonyl (C=O) groups is 1. The van der Waals surface area contributed by atoms with Crippen LogP contribution in [0.3, 0.4) is 0 Å². The summed E-state index contributed by atoms with van der Waals surface area (Å²) < 4.78 is 14.5. The molecule has 0 atom stereocenters. The highest BCUT2D eigenvalue weighted by atomic mass is 28.4. The molecular weight excluding hydrogens is 438 g/mol. The highest BCUT2D eigenvalue weighted by Crippen LogP contribution is 2.36. The van der Waals surface area contributed by atoms with Gasteiger partial charge in [0.2, 0.25) is 0 Å². The van der Waals surface area contributed by atoms with Gasteiger partial charge in [-0.05, 0) is 42.2 Å². The fraction of sp³-hybridized carbons (Fsp3) is 0.391. The molecule has 0 bridgehead atoms. The summed E-state index contributed by atoms with van der Waals surface area (Å²) in [5, 5.41) is 2.72. The molecule has 3 rings (SSSR count). The Bertz CT molecular complexity index is 1170. The van der Waals surface area contributed by atoms with Crippen molar-refractivity contribution in [3.05, 3.63) is 65.2 Å². The molecule has 0 unspecified atom stereocenters. The molecule has 0 saturated carbocycles. The average Bonchev–Trinajstić information content (AvgIpc) is 3.28. The monoisotopic (exact) mass is 469 g/mol. The number of benzene rings is 1. The molecule has 1 amide bonds. The Hall–Kier alpha value is -3.24. The molecule has 2 heterocycles. The predicted octanol–water partition coefficient (Wildman–Crippen LogP) is 4.08. The number of methoxy groups -OCH3 is 1. The molecule has 1 N–H and O–H groups in total. The van der Waals surface area contributed by atoms with Crippen LogP contribution in [-0.4, -0.2) is 47.2 Å². The Morgan fingerprint density at radius 2 is 1.94 bits per heavy atom. The third kappa shape index (κ3) is 5.77. The van der Waals surface area contributed by atoms with Crippen LogP contribution in [0.5, 0.6) is 5.75 Å². The maximum atomic E-state index is 12.6. The second-order valence-corrected chi connectivity index (χ2v) is 14.0. The van der Waals surface area contributed by atoms with Crippen LogP contribution < -0.4 is 15.7 Å². The van der Waals surface area contributed by atoms with Crippen LogP contribution in [0.15, 0.2) is 54.0 Å². The minimum absolute atomic E-state index is 0.152. The zero-order chi connectivity index (χ0) is 24.2. The first kappa shape index (κ1) is 24.4. The van der Waals surface area contributed by atoms with Gasteiger partial charge in [0, 0.05) is 31.3 Å². The van der Waals surface area contributed by atoms with E-state index in [9.17, 15) is 9.59 Å². The van der Waals surface area contributed by atoms with Crippen molar-refractivity contribution in [1.29, 1.82) is 0 Å². The summed E-state index contributed by atoms with van der Waals surface area (Å²) in [5.74, 6) is 0.831. The van der Waals surface area contributed by atoms with Crippen molar-refractivity contribution >= 4 is 20.2 Å². The van der Waals surface area contributed by atoms with Gasteiger partial charge in [0.05, 0.1) is 12.8 Å². The van der Waals surface area contributed by atoms with Crippen molar-refractivity contribution in [1.82, 2.24) is 19.1 Å². The second-order valence-electron chi connectivity index (χ2n) is 9.22. The van der Waals surface area contributed by atoms with Crippen LogP contribution in [0.25, 0.3) is 5.69 Å². The SMILES string of the molecule is COc1cc(-n2ccc(NC(=O)n3ccnc3)nc2=O)ccc1CCO[Si](C)(C)C(C)(C)C. The van der Waals surface area contributed by atoms with Crippen molar-refractivity contribution < 1.29 is 14.0 Å². The topological polar surface area (TPSA) is 100 Å². The quantitative estimate of drug-likeness (QED) is 0.523. The fourth-order valence-corrected chi connectivity index (χ4v) is 3.99. The number of imidazole rings is 1. The summed E-state index contributed by atoms with van der Waals surface area (Å²) in [7, 11) is -0.217. The Labute approximate surface area is 194 Å². The van der Waals surface area contributed by atoms with E-state index >= 15 is 0 Å². The van der Waals surface area contributed by atoms with Gasteiger partial charge < -0.3 is 9.16 Å². The van der Waals surface area contributed by atoms with Crippen molar-refractivity contribution in [2.45, 2.75) is 45.3 Å². The molecule has 0 fully saturated rings. The minimum Gasteiger partial charge on any atom is -0.496 e. The molecule has 0 radical (unpaired) electrons. The van der Waals surface area contributed by atoms with Crippen LogP contribution in [0.4, 0.5) is 10.6 Å². The lowest BCUT2D eigenvalue weighted by Gasteiger charge is -2.36. The number of aromatic nitrogens is 4. The minimum atomic E-state index is -1.82. The van der Waals surface area contributed by atoms with Crippen molar-refractivity contribution in [3.63, 3.8) is 0 Å². The van der Waals surface area contributed by atoms with E-state index in [2.05, 4.69) is 49.1 Å². The molecule has 9 nitrogen and oxygen atoms in total. The summed E-state index contributed by atoms with van der Waals surface area (Å²) >= 11 is 0. The van der Waals surface area contributed by atoms with E-state index < -0.39 is 20.0 Å². The largest absolute Gasteiger partial charge is 0.496 e. The zero-order valence-corrected chi connectivity index (χ0v) is 21.0. The van der Waals surface area contributed by atoms with Crippen LogP contribution in [-0.2, 0) is 10.8 Å². The number of hydrogen-bond acceptors (Lipinski definition) is 6. The van der Waals surface area contributed by atoms with E-state index in [1.807, 2.05) is 12.1 Å². The second kappa shape index (κ2) is 9.71. The van der Waals surface area contributed by atoms with E-state index in [0.717, 1.165) is 5.56 Å². The number of anilines is 1. The van der Waals surface area contributed by atoms with Crippen molar-refractivity contribution in [2.24, 2.45) is 0 Å². The third-order valence-electron chi connectivity index (χ3n) is 5.97. The normalized spacial score (nSPS) is 11.9. The Morgan fingerprint density at radius 3 is 2.55 bits per heavy atom. The summed E-state index contributed by atoms with van der Waals surface area (Å²) in [6.07, 6.45) is 6.63. The standard InChI is InChI=1S/C23H31N5O4Si/c1-23(2,3)33(5,6)32-14-10-17-7-8-18(15-19(17)31-4)28-12-9-20(26-22(28)30)25-21(29)27-13-11-24-16-27/h7-9,11-13,15-16H,10,14H2,1-6H3,(H,25,26,29,30). The van der Waals surface area contributed by atoms with Crippen LogP contribution >= 0.6 is 0 Å². The smallest absolute Gasteiger partial charge is 0.354 e. The van der Waals surface area contributed by atoms with E-state index in [0.29, 0.717) is 24.5 Å². The van der Waals surface area contributed by atoms with Crippen molar-refractivity contribution in [3.8, 4) is 11.4 Å². The summed E-state index contributed by atoms with van der Waals surface area (Å²) in [6, 6.07) is 6.68. The summed E-state index contributed by atoms with van der Waals surface area (Å²) in [6.45, 7) is 11.7. The Balaban J connectivity index is 1.73. The molecular formula is C23H31N5O4Si. The number of nitrogens with zero attached hydrogens (tertiary/aromatic N) is 4. The zero-order valence-electron chi connectivity index (χ0n) is 20.0. The lowest BCUT2D eigenvalue weighted by Crippen LogP contribution is -2.41. The first-order valence-corrected chi connectivity index (χ1v) is 13.6. The van der Waals surface area contributed by atoms with Crippen LogP contribution in [0.1, 0.15) is 26.3 Å². The van der Waals surface area contributed by atoms with Crippen LogP contribution in [0, 0.1) is 0 Å². The average molecular weight is 470 g/mol. The van der Waals surface area contributed by atoms with Gasteiger partial charge in [0.25, 0.3) is 0 Å². The molecule has 3 aromatic rings. The van der Waals surface area contributed by atoms with Gasteiger partial charge in [-0.15, -0.1) is 0 Å². The van der Waals surface area contributed by atoms with Crippen molar-refractivity contribution in [2.75, 3.05) is 19.0 Å². The maximum Gasteiger partial charge on any atom is 0.354 e. The lowest BCUT2D eigenvalue weighted by molar-refractivity contribution is 0.253. The Morgan fingerprint density at radius 1 is 1.18 bits per heavy atom. The number of hydrogen-bond donors (Lipinski definition) is 1.